The maximum Gasteiger partial charge on any atom is 0.258 e. The van der Waals surface area contributed by atoms with Crippen molar-refractivity contribution in [3.63, 3.8) is 0 Å². The van der Waals surface area contributed by atoms with Crippen molar-refractivity contribution in [3.8, 4) is 5.75 Å². The molecule has 0 aliphatic heterocycles. The minimum atomic E-state index is -0.469. The summed E-state index contributed by atoms with van der Waals surface area (Å²) in [5.74, 6) is -0.704. The van der Waals surface area contributed by atoms with Crippen LogP contribution in [-0.4, -0.2) is 25.6 Å². The van der Waals surface area contributed by atoms with Crippen LogP contribution in [0.5, 0.6) is 5.75 Å². The summed E-state index contributed by atoms with van der Waals surface area (Å²) in [7, 11) is 0. The van der Waals surface area contributed by atoms with Crippen LogP contribution >= 0.6 is 0 Å². The zero-order valence-corrected chi connectivity index (χ0v) is 11.9. The fourth-order valence-electron chi connectivity index (χ4n) is 1.71. The zero-order chi connectivity index (χ0) is 15.0. The largest absolute Gasteiger partial charge is 0.481 e. The first kappa shape index (κ1) is 16.2. The standard InChI is InChI=1S/C15H21FN2O2/c1-4-8-18-15(19)10-20-14-7-6-12(9-13(14)16)11(3)17-5-2/h4,6-7,9,11,17H,1,5,8,10H2,2-3H3,(H,18,19). The summed E-state index contributed by atoms with van der Waals surface area (Å²) in [6.07, 6.45) is 1.56. The van der Waals surface area contributed by atoms with E-state index < -0.39 is 5.82 Å². The van der Waals surface area contributed by atoms with E-state index in [0.717, 1.165) is 12.1 Å². The van der Waals surface area contributed by atoms with Crippen LogP contribution in [0.3, 0.4) is 0 Å². The average molecular weight is 280 g/mol. The number of amides is 1. The van der Waals surface area contributed by atoms with Gasteiger partial charge in [-0.05, 0) is 31.2 Å². The number of hydrogen-bond acceptors (Lipinski definition) is 3. The van der Waals surface area contributed by atoms with Crippen molar-refractivity contribution in [2.75, 3.05) is 19.7 Å². The van der Waals surface area contributed by atoms with Gasteiger partial charge in [0.2, 0.25) is 0 Å². The third kappa shape index (κ3) is 5.01. The van der Waals surface area contributed by atoms with E-state index in [1.807, 2.05) is 13.8 Å². The molecule has 20 heavy (non-hydrogen) atoms. The van der Waals surface area contributed by atoms with E-state index in [-0.39, 0.29) is 24.3 Å². The molecular formula is C15H21FN2O2. The molecule has 0 aromatic heterocycles. The number of rotatable bonds is 8. The van der Waals surface area contributed by atoms with Gasteiger partial charge in [-0.3, -0.25) is 4.79 Å². The number of carbonyl (C=O) groups is 1. The predicted molar refractivity (Wildman–Crippen MR) is 77.2 cm³/mol. The van der Waals surface area contributed by atoms with Gasteiger partial charge in [-0.1, -0.05) is 19.1 Å². The maximum atomic E-state index is 13.9. The number of ether oxygens (including phenoxy) is 1. The first-order valence-corrected chi connectivity index (χ1v) is 6.61. The molecule has 1 unspecified atom stereocenters. The van der Waals surface area contributed by atoms with Crippen LogP contribution in [0.25, 0.3) is 0 Å². The van der Waals surface area contributed by atoms with Gasteiger partial charge in [0.05, 0.1) is 0 Å². The summed E-state index contributed by atoms with van der Waals surface area (Å²) in [5.41, 5.74) is 0.841. The number of nitrogens with one attached hydrogen (secondary N) is 2. The summed E-state index contributed by atoms with van der Waals surface area (Å²) >= 11 is 0. The molecule has 0 aliphatic rings. The second kappa shape index (κ2) is 8.32. The lowest BCUT2D eigenvalue weighted by Gasteiger charge is -2.14. The van der Waals surface area contributed by atoms with Crippen LogP contribution in [0.4, 0.5) is 4.39 Å². The first-order valence-electron chi connectivity index (χ1n) is 6.61. The molecule has 1 amide bonds. The second-order valence-corrected chi connectivity index (χ2v) is 4.35. The molecule has 0 aliphatic carbocycles. The van der Waals surface area contributed by atoms with Crippen LogP contribution in [0.15, 0.2) is 30.9 Å². The van der Waals surface area contributed by atoms with E-state index in [2.05, 4.69) is 17.2 Å². The van der Waals surface area contributed by atoms with E-state index in [9.17, 15) is 9.18 Å². The minimum Gasteiger partial charge on any atom is -0.481 e. The Kier molecular flexibility index (Phi) is 6.73. The predicted octanol–water partition coefficient (Wildman–Crippen LogP) is 2.18. The molecule has 0 heterocycles. The fourth-order valence-corrected chi connectivity index (χ4v) is 1.71. The molecule has 0 saturated carbocycles. The van der Waals surface area contributed by atoms with Gasteiger partial charge in [0, 0.05) is 12.6 Å². The SMILES string of the molecule is C=CCNC(=O)COc1ccc(C(C)NCC)cc1F. The van der Waals surface area contributed by atoms with E-state index in [4.69, 9.17) is 4.74 Å². The third-order valence-electron chi connectivity index (χ3n) is 2.77. The van der Waals surface area contributed by atoms with E-state index >= 15 is 0 Å². The summed E-state index contributed by atoms with van der Waals surface area (Å²) in [5, 5.41) is 5.75. The third-order valence-corrected chi connectivity index (χ3v) is 2.77. The number of benzene rings is 1. The fraction of sp³-hybridized carbons (Fsp3) is 0.400. The molecule has 1 rings (SSSR count). The van der Waals surface area contributed by atoms with E-state index in [1.54, 1.807) is 18.2 Å². The van der Waals surface area contributed by atoms with Gasteiger partial charge in [-0.15, -0.1) is 6.58 Å². The Labute approximate surface area is 119 Å². The van der Waals surface area contributed by atoms with Gasteiger partial charge >= 0.3 is 0 Å². The molecule has 1 aromatic rings. The van der Waals surface area contributed by atoms with Crippen molar-refractivity contribution in [2.45, 2.75) is 19.9 Å². The van der Waals surface area contributed by atoms with Gasteiger partial charge in [0.1, 0.15) is 0 Å². The smallest absolute Gasteiger partial charge is 0.258 e. The molecule has 1 atom stereocenters. The zero-order valence-electron chi connectivity index (χ0n) is 11.9. The van der Waals surface area contributed by atoms with Gasteiger partial charge in [0.15, 0.2) is 18.2 Å². The lowest BCUT2D eigenvalue weighted by Crippen LogP contribution is -2.29. The van der Waals surface area contributed by atoms with Gasteiger partial charge in [-0.25, -0.2) is 4.39 Å². The average Bonchev–Trinajstić information content (AvgIpc) is 2.43. The summed E-state index contributed by atoms with van der Waals surface area (Å²) in [6.45, 7) is 8.40. The summed E-state index contributed by atoms with van der Waals surface area (Å²) in [4.78, 5) is 11.3. The van der Waals surface area contributed by atoms with Crippen molar-refractivity contribution >= 4 is 5.91 Å². The van der Waals surface area contributed by atoms with Crippen molar-refractivity contribution in [2.24, 2.45) is 0 Å². The highest BCUT2D eigenvalue weighted by molar-refractivity contribution is 5.77. The lowest BCUT2D eigenvalue weighted by molar-refractivity contribution is -0.122. The highest BCUT2D eigenvalue weighted by Gasteiger charge is 2.10. The Hall–Kier alpha value is -1.88. The topological polar surface area (TPSA) is 50.4 Å². The van der Waals surface area contributed by atoms with Crippen molar-refractivity contribution < 1.29 is 13.9 Å². The Bertz CT molecular complexity index is 463. The molecule has 0 fully saturated rings. The van der Waals surface area contributed by atoms with Gasteiger partial charge in [-0.2, -0.15) is 0 Å². The van der Waals surface area contributed by atoms with E-state index in [0.29, 0.717) is 6.54 Å². The monoisotopic (exact) mass is 280 g/mol. The molecule has 4 nitrogen and oxygen atoms in total. The molecule has 0 radical (unpaired) electrons. The molecule has 110 valence electrons. The Morgan fingerprint density at radius 3 is 2.90 bits per heavy atom. The molecule has 1 aromatic carbocycles. The number of carbonyl (C=O) groups excluding carboxylic acids is 1. The number of halogens is 1. The van der Waals surface area contributed by atoms with Crippen molar-refractivity contribution in [3.05, 3.63) is 42.2 Å². The van der Waals surface area contributed by atoms with E-state index in [1.165, 1.54) is 6.07 Å². The van der Waals surface area contributed by atoms with Gasteiger partial charge in [0.25, 0.3) is 5.91 Å². The Morgan fingerprint density at radius 2 is 2.30 bits per heavy atom. The summed E-state index contributed by atoms with van der Waals surface area (Å²) in [6, 6.07) is 4.82. The van der Waals surface area contributed by atoms with Crippen LogP contribution in [0.1, 0.15) is 25.5 Å². The Balaban J connectivity index is 2.59. The van der Waals surface area contributed by atoms with Crippen molar-refractivity contribution in [1.29, 1.82) is 0 Å². The molecular weight excluding hydrogens is 259 g/mol. The molecule has 5 heteroatoms. The highest BCUT2D eigenvalue weighted by atomic mass is 19.1. The van der Waals surface area contributed by atoms with Crippen molar-refractivity contribution in [1.82, 2.24) is 10.6 Å². The quantitative estimate of drug-likeness (QED) is 0.718. The minimum absolute atomic E-state index is 0.0689. The second-order valence-electron chi connectivity index (χ2n) is 4.35. The molecule has 2 N–H and O–H groups in total. The first-order chi connectivity index (χ1) is 9.58. The number of hydrogen-bond donors (Lipinski definition) is 2. The molecule has 0 bridgehead atoms. The molecule has 0 saturated heterocycles. The highest BCUT2D eigenvalue weighted by Crippen LogP contribution is 2.21. The maximum absolute atomic E-state index is 13.9. The molecule has 0 spiro atoms. The Morgan fingerprint density at radius 1 is 1.55 bits per heavy atom. The van der Waals surface area contributed by atoms with Crippen LogP contribution in [-0.2, 0) is 4.79 Å². The summed E-state index contributed by atoms with van der Waals surface area (Å²) < 4.78 is 19.0. The van der Waals surface area contributed by atoms with Crippen LogP contribution < -0.4 is 15.4 Å². The van der Waals surface area contributed by atoms with Gasteiger partial charge < -0.3 is 15.4 Å². The normalized spacial score (nSPS) is 11.8. The van der Waals surface area contributed by atoms with Crippen LogP contribution in [0, 0.1) is 5.82 Å². The van der Waals surface area contributed by atoms with Crippen LogP contribution in [0.2, 0.25) is 0 Å². The lowest BCUT2D eigenvalue weighted by atomic mass is 10.1.